The molecule has 3 rings (SSSR count). The molecule has 0 bridgehead atoms. The summed E-state index contributed by atoms with van der Waals surface area (Å²) in [6.07, 6.45) is 0. The van der Waals surface area contributed by atoms with Crippen LogP contribution >= 0.6 is 7.37 Å². The molecule has 0 aliphatic carbocycles. The highest BCUT2D eigenvalue weighted by Gasteiger charge is 2.30. The van der Waals surface area contributed by atoms with Crippen LogP contribution in [0.5, 0.6) is 17.2 Å². The van der Waals surface area contributed by atoms with E-state index in [1.54, 1.807) is 48.5 Å². The van der Waals surface area contributed by atoms with Crippen LogP contribution in [-0.2, 0) is 4.57 Å². The molecule has 4 nitrogen and oxygen atoms in total. The van der Waals surface area contributed by atoms with E-state index in [1.807, 2.05) is 6.07 Å². The first-order chi connectivity index (χ1) is 11.1. The van der Waals surface area contributed by atoms with Crippen molar-refractivity contribution in [2.75, 3.05) is 0 Å². The lowest BCUT2D eigenvalue weighted by Crippen LogP contribution is -2.20. The molecular weight excluding hydrogens is 311 g/mol. The van der Waals surface area contributed by atoms with E-state index in [4.69, 9.17) is 4.52 Å². The smallest absolute Gasteiger partial charge is 0.306 e. The van der Waals surface area contributed by atoms with Gasteiger partial charge in [0.25, 0.3) is 0 Å². The molecule has 3 aromatic carbocycles. The molecule has 0 atom stereocenters. The van der Waals surface area contributed by atoms with Gasteiger partial charge in [0.05, 0.1) is 10.6 Å². The third kappa shape index (κ3) is 3.22. The highest BCUT2D eigenvalue weighted by molar-refractivity contribution is 7.74. The Morgan fingerprint density at radius 1 is 0.652 bits per heavy atom. The van der Waals surface area contributed by atoms with E-state index < -0.39 is 7.37 Å². The third-order valence-corrected chi connectivity index (χ3v) is 5.78. The van der Waals surface area contributed by atoms with Crippen LogP contribution in [0.2, 0.25) is 0 Å². The van der Waals surface area contributed by atoms with E-state index in [9.17, 15) is 14.8 Å². The van der Waals surface area contributed by atoms with E-state index in [-0.39, 0.29) is 11.5 Å². The van der Waals surface area contributed by atoms with Gasteiger partial charge in [-0.2, -0.15) is 0 Å². The van der Waals surface area contributed by atoms with Crippen molar-refractivity contribution < 1.29 is 19.3 Å². The standard InChI is InChI=1S/C18H15O4P/c19-14-6-10-17(11-7-14)23(21,18-12-8-15(20)9-13-18)22-16-4-2-1-3-5-16/h1-13,19-20H. The molecule has 0 unspecified atom stereocenters. The van der Waals surface area contributed by atoms with Crippen LogP contribution in [0.15, 0.2) is 78.9 Å². The van der Waals surface area contributed by atoms with E-state index in [0.717, 1.165) is 0 Å². The Kier molecular flexibility index (Phi) is 4.09. The van der Waals surface area contributed by atoms with E-state index in [1.165, 1.54) is 24.3 Å². The number of benzene rings is 3. The van der Waals surface area contributed by atoms with Gasteiger partial charge in [0.2, 0.25) is 0 Å². The zero-order chi connectivity index (χ0) is 16.3. The molecule has 0 aliphatic rings. The van der Waals surface area contributed by atoms with Gasteiger partial charge in [0, 0.05) is 0 Å². The third-order valence-electron chi connectivity index (χ3n) is 3.36. The molecule has 5 heteroatoms. The average Bonchev–Trinajstić information content (AvgIpc) is 2.57. The minimum Gasteiger partial charge on any atom is -0.508 e. The van der Waals surface area contributed by atoms with Crippen molar-refractivity contribution in [2.45, 2.75) is 0 Å². The highest BCUT2D eigenvalue weighted by Crippen LogP contribution is 2.45. The number of para-hydroxylation sites is 1. The quantitative estimate of drug-likeness (QED) is 0.721. The average molecular weight is 326 g/mol. The van der Waals surface area contributed by atoms with Gasteiger partial charge in [0.15, 0.2) is 0 Å². The summed E-state index contributed by atoms with van der Waals surface area (Å²) >= 11 is 0. The molecule has 0 heterocycles. The van der Waals surface area contributed by atoms with Gasteiger partial charge in [-0.25, -0.2) is 0 Å². The predicted octanol–water partition coefficient (Wildman–Crippen LogP) is 3.41. The molecule has 0 saturated carbocycles. The molecule has 23 heavy (non-hydrogen) atoms. The van der Waals surface area contributed by atoms with Crippen molar-refractivity contribution in [1.82, 2.24) is 0 Å². The summed E-state index contributed by atoms with van der Waals surface area (Å²) in [4.78, 5) is 0. The molecule has 0 amide bonds. The lowest BCUT2D eigenvalue weighted by molar-refractivity contribution is 0.475. The van der Waals surface area contributed by atoms with Crippen molar-refractivity contribution in [2.24, 2.45) is 0 Å². The fourth-order valence-corrected chi connectivity index (χ4v) is 4.19. The van der Waals surface area contributed by atoms with Crippen LogP contribution in [0.4, 0.5) is 0 Å². The molecular formula is C18H15O4P. The minimum absolute atomic E-state index is 0.0886. The van der Waals surface area contributed by atoms with Crippen molar-refractivity contribution in [1.29, 1.82) is 0 Å². The maximum absolute atomic E-state index is 13.6. The Labute approximate surface area is 134 Å². The summed E-state index contributed by atoms with van der Waals surface area (Å²) in [5.74, 6) is 0.661. The molecule has 0 spiro atoms. The van der Waals surface area contributed by atoms with Crippen LogP contribution in [-0.4, -0.2) is 10.2 Å². The van der Waals surface area contributed by atoms with E-state index in [2.05, 4.69) is 0 Å². The summed E-state index contributed by atoms with van der Waals surface area (Å²) in [5.41, 5.74) is 0. The molecule has 3 aromatic rings. The SMILES string of the molecule is O=P(Oc1ccccc1)(c1ccc(O)cc1)c1ccc(O)cc1. The zero-order valence-corrected chi connectivity index (χ0v) is 13.1. The first-order valence-electron chi connectivity index (χ1n) is 7.02. The van der Waals surface area contributed by atoms with Gasteiger partial charge in [-0.15, -0.1) is 0 Å². The van der Waals surface area contributed by atoms with Gasteiger partial charge in [-0.05, 0) is 60.7 Å². The van der Waals surface area contributed by atoms with Crippen LogP contribution in [0.3, 0.4) is 0 Å². The summed E-state index contributed by atoms with van der Waals surface area (Å²) in [7, 11) is -3.41. The maximum Gasteiger partial charge on any atom is 0.306 e. The Morgan fingerprint density at radius 2 is 1.09 bits per heavy atom. The van der Waals surface area contributed by atoms with Crippen molar-refractivity contribution in [3.05, 3.63) is 78.9 Å². The molecule has 116 valence electrons. The van der Waals surface area contributed by atoms with Crippen LogP contribution in [0, 0.1) is 0 Å². The number of phenolic OH excluding ortho intramolecular Hbond substituents is 2. The molecule has 0 fully saturated rings. The first-order valence-corrected chi connectivity index (χ1v) is 8.64. The Balaban J connectivity index is 2.10. The van der Waals surface area contributed by atoms with Gasteiger partial charge in [-0.1, -0.05) is 18.2 Å². The summed E-state index contributed by atoms with van der Waals surface area (Å²) in [6, 6.07) is 21.1. The molecule has 0 radical (unpaired) electrons. The molecule has 0 aromatic heterocycles. The number of phenols is 2. The minimum atomic E-state index is -3.41. The Morgan fingerprint density at radius 3 is 1.52 bits per heavy atom. The topological polar surface area (TPSA) is 66.8 Å². The molecule has 2 N–H and O–H groups in total. The van der Waals surface area contributed by atoms with Crippen molar-refractivity contribution in [3.8, 4) is 17.2 Å². The number of aromatic hydroxyl groups is 2. The number of rotatable bonds is 4. The lowest BCUT2D eigenvalue weighted by Gasteiger charge is -2.20. The van der Waals surface area contributed by atoms with E-state index in [0.29, 0.717) is 16.4 Å². The van der Waals surface area contributed by atoms with Gasteiger partial charge >= 0.3 is 7.37 Å². The second kappa shape index (κ2) is 6.19. The van der Waals surface area contributed by atoms with Crippen molar-refractivity contribution in [3.63, 3.8) is 0 Å². The fourth-order valence-electron chi connectivity index (χ4n) is 2.18. The maximum atomic E-state index is 13.6. The van der Waals surface area contributed by atoms with Gasteiger partial charge in [0.1, 0.15) is 17.2 Å². The second-order valence-electron chi connectivity index (χ2n) is 4.99. The number of hydrogen-bond acceptors (Lipinski definition) is 4. The summed E-state index contributed by atoms with van der Waals surface area (Å²) < 4.78 is 19.5. The Bertz CT molecular complexity index is 778. The monoisotopic (exact) mass is 326 g/mol. The zero-order valence-electron chi connectivity index (χ0n) is 12.2. The number of hydrogen-bond donors (Lipinski definition) is 2. The second-order valence-corrected chi connectivity index (χ2v) is 7.31. The van der Waals surface area contributed by atoms with Gasteiger partial charge < -0.3 is 14.7 Å². The Hall–Kier alpha value is -2.71. The van der Waals surface area contributed by atoms with Crippen molar-refractivity contribution >= 4 is 18.0 Å². The van der Waals surface area contributed by atoms with Crippen LogP contribution in [0.25, 0.3) is 0 Å². The largest absolute Gasteiger partial charge is 0.508 e. The first kappa shape index (κ1) is 15.2. The molecule has 0 aliphatic heterocycles. The van der Waals surface area contributed by atoms with Crippen LogP contribution < -0.4 is 15.1 Å². The lowest BCUT2D eigenvalue weighted by atomic mass is 10.3. The highest BCUT2D eigenvalue weighted by atomic mass is 31.2. The van der Waals surface area contributed by atoms with E-state index >= 15 is 0 Å². The van der Waals surface area contributed by atoms with Crippen LogP contribution in [0.1, 0.15) is 0 Å². The normalized spacial score (nSPS) is 11.1. The predicted molar refractivity (Wildman–Crippen MR) is 90.2 cm³/mol. The fraction of sp³-hybridized carbons (Fsp3) is 0. The summed E-state index contributed by atoms with van der Waals surface area (Å²) in [6.45, 7) is 0. The summed E-state index contributed by atoms with van der Waals surface area (Å²) in [5, 5.41) is 19.8. The van der Waals surface area contributed by atoms with Gasteiger partial charge in [-0.3, -0.25) is 4.57 Å². The molecule has 0 saturated heterocycles.